The average molecular weight is 327 g/mol. The first-order valence-electron chi connectivity index (χ1n) is 7.11. The van der Waals surface area contributed by atoms with E-state index in [1.165, 1.54) is 6.33 Å². The van der Waals surface area contributed by atoms with Crippen LogP contribution in [0.1, 0.15) is 12.8 Å². The fourth-order valence-corrected chi connectivity index (χ4v) is 3.42. The molecule has 0 radical (unpaired) electrons. The number of H-pyrrole nitrogens is 1. The van der Waals surface area contributed by atoms with Gasteiger partial charge in [-0.05, 0) is 19.4 Å². The molecule has 0 aromatic carbocycles. The van der Waals surface area contributed by atoms with Gasteiger partial charge in [0.2, 0.25) is 0 Å². The quantitative estimate of drug-likeness (QED) is 0.647. The maximum Gasteiger partial charge on any atom is 0.326 e. The molecule has 1 atom stereocenters. The van der Waals surface area contributed by atoms with E-state index in [-0.39, 0.29) is 17.8 Å². The highest BCUT2D eigenvalue weighted by Crippen LogP contribution is 2.34. The molecule has 0 aliphatic carbocycles. The van der Waals surface area contributed by atoms with Gasteiger partial charge in [0.05, 0.1) is 18.8 Å². The van der Waals surface area contributed by atoms with Crippen LogP contribution < -0.4 is 5.56 Å². The number of nitrogens with zero attached hydrogens (tertiary/aromatic N) is 4. The molecule has 0 amide bonds. The zero-order chi connectivity index (χ0) is 15.7. The molecular formula is C12H18N5O4P. The van der Waals surface area contributed by atoms with Gasteiger partial charge in [-0.15, -0.1) is 0 Å². The summed E-state index contributed by atoms with van der Waals surface area (Å²) in [5, 5.41) is 0. The Morgan fingerprint density at radius 3 is 3.00 bits per heavy atom. The summed E-state index contributed by atoms with van der Waals surface area (Å²) >= 11 is 0. The second-order valence-electron chi connectivity index (χ2n) is 5.52. The monoisotopic (exact) mass is 327 g/mol. The van der Waals surface area contributed by atoms with Crippen molar-refractivity contribution in [3.8, 4) is 0 Å². The lowest BCUT2D eigenvalue weighted by Crippen LogP contribution is -2.35. The number of likely N-dealkylation sites (tertiary alicyclic amines) is 1. The molecule has 10 heteroatoms. The molecule has 0 unspecified atom stereocenters. The molecule has 0 spiro atoms. The van der Waals surface area contributed by atoms with Gasteiger partial charge in [0.1, 0.15) is 0 Å². The van der Waals surface area contributed by atoms with Crippen molar-refractivity contribution in [2.75, 3.05) is 19.3 Å². The SMILES string of the molecule is O=c1[nH]cnc2c1ncn2C[C@@H]1CCCN1CCP(=O)(O)O. The number of imidazole rings is 1. The van der Waals surface area contributed by atoms with Crippen LogP contribution in [0.3, 0.4) is 0 Å². The molecule has 1 fully saturated rings. The van der Waals surface area contributed by atoms with E-state index in [4.69, 9.17) is 9.79 Å². The molecule has 0 saturated carbocycles. The second kappa shape index (κ2) is 5.92. The fraction of sp³-hybridized carbons (Fsp3) is 0.583. The van der Waals surface area contributed by atoms with Gasteiger partial charge in [-0.25, -0.2) is 9.97 Å². The molecule has 22 heavy (non-hydrogen) atoms. The standard InChI is InChI=1S/C12H18N5O4P/c18-12-10-11(13-7-14-12)17(8-15-10)6-9-2-1-3-16(9)4-5-22(19,20)21/h7-9H,1-6H2,(H,13,14,18)(H2,19,20,21)/t9-/m0/s1. The Bertz CT molecular complexity index is 766. The fourth-order valence-electron chi connectivity index (χ4n) is 2.91. The van der Waals surface area contributed by atoms with E-state index < -0.39 is 7.60 Å². The number of hydrogen-bond acceptors (Lipinski definition) is 5. The van der Waals surface area contributed by atoms with Gasteiger partial charge in [-0.3, -0.25) is 14.3 Å². The zero-order valence-corrected chi connectivity index (χ0v) is 12.8. The van der Waals surface area contributed by atoms with E-state index in [0.717, 1.165) is 19.4 Å². The summed E-state index contributed by atoms with van der Waals surface area (Å²) in [6.07, 6.45) is 4.75. The summed E-state index contributed by atoms with van der Waals surface area (Å²) in [4.78, 5) is 42.5. The Kier molecular flexibility index (Phi) is 4.14. The number of hydrogen-bond donors (Lipinski definition) is 3. The largest absolute Gasteiger partial charge is 0.326 e. The Balaban J connectivity index is 1.75. The Labute approximate surface area is 126 Å². The van der Waals surface area contributed by atoms with Crippen LogP contribution in [-0.2, 0) is 11.1 Å². The van der Waals surface area contributed by atoms with Gasteiger partial charge in [0.15, 0.2) is 11.2 Å². The van der Waals surface area contributed by atoms with Gasteiger partial charge in [-0.1, -0.05) is 0 Å². The lowest BCUT2D eigenvalue weighted by Gasteiger charge is -2.24. The molecule has 1 saturated heterocycles. The van der Waals surface area contributed by atoms with Crippen LogP contribution in [0.5, 0.6) is 0 Å². The molecule has 9 nitrogen and oxygen atoms in total. The number of rotatable bonds is 5. The van der Waals surface area contributed by atoms with E-state index in [1.54, 1.807) is 6.33 Å². The minimum absolute atomic E-state index is 0.133. The Hall–Kier alpha value is -1.54. The van der Waals surface area contributed by atoms with E-state index in [9.17, 15) is 9.36 Å². The summed E-state index contributed by atoms with van der Waals surface area (Å²) in [5.41, 5.74) is 0.571. The Morgan fingerprint density at radius 2 is 2.23 bits per heavy atom. The maximum absolute atomic E-state index is 11.6. The highest BCUT2D eigenvalue weighted by molar-refractivity contribution is 7.51. The summed E-state index contributed by atoms with van der Waals surface area (Å²) in [6, 6.07) is 0.171. The van der Waals surface area contributed by atoms with Crippen molar-refractivity contribution >= 4 is 18.8 Å². The first kappa shape index (κ1) is 15.4. The summed E-state index contributed by atoms with van der Waals surface area (Å²) in [7, 11) is -3.98. The summed E-state index contributed by atoms with van der Waals surface area (Å²) in [5.74, 6) is 0. The molecule has 1 aliphatic rings. The number of aromatic nitrogens is 4. The van der Waals surface area contributed by atoms with Crippen molar-refractivity contribution in [1.82, 2.24) is 24.4 Å². The van der Waals surface area contributed by atoms with Crippen LogP contribution in [0.25, 0.3) is 11.2 Å². The van der Waals surface area contributed by atoms with E-state index in [2.05, 4.69) is 19.9 Å². The van der Waals surface area contributed by atoms with Crippen LogP contribution in [-0.4, -0.2) is 59.5 Å². The van der Waals surface area contributed by atoms with Crippen molar-refractivity contribution < 1.29 is 14.4 Å². The predicted molar refractivity (Wildman–Crippen MR) is 79.7 cm³/mol. The first-order valence-corrected chi connectivity index (χ1v) is 8.91. The topological polar surface area (TPSA) is 124 Å². The van der Waals surface area contributed by atoms with Gasteiger partial charge < -0.3 is 19.3 Å². The van der Waals surface area contributed by atoms with E-state index in [0.29, 0.717) is 24.3 Å². The normalized spacial score (nSPS) is 20.0. The Morgan fingerprint density at radius 1 is 1.41 bits per heavy atom. The first-order chi connectivity index (χ1) is 10.4. The number of aromatic amines is 1. The average Bonchev–Trinajstić information content (AvgIpc) is 3.05. The third-order valence-electron chi connectivity index (χ3n) is 3.99. The molecule has 0 bridgehead atoms. The summed E-state index contributed by atoms with van der Waals surface area (Å²) < 4.78 is 12.9. The lowest BCUT2D eigenvalue weighted by atomic mass is 10.2. The molecule has 3 rings (SSSR count). The minimum atomic E-state index is -3.98. The number of fused-ring (bicyclic) bond motifs is 1. The van der Waals surface area contributed by atoms with Crippen LogP contribution in [0.2, 0.25) is 0 Å². The molecule has 1 aliphatic heterocycles. The highest BCUT2D eigenvalue weighted by Gasteiger charge is 2.27. The molecular weight excluding hydrogens is 309 g/mol. The van der Waals surface area contributed by atoms with E-state index in [1.807, 2.05) is 4.57 Å². The smallest absolute Gasteiger partial charge is 0.324 e. The molecule has 3 heterocycles. The highest BCUT2D eigenvalue weighted by atomic mass is 31.2. The van der Waals surface area contributed by atoms with Crippen molar-refractivity contribution in [1.29, 1.82) is 0 Å². The molecule has 2 aromatic rings. The molecule has 2 aromatic heterocycles. The predicted octanol–water partition coefficient (Wildman–Crippen LogP) is -0.238. The molecule has 3 N–H and O–H groups in total. The second-order valence-corrected chi connectivity index (χ2v) is 7.30. The summed E-state index contributed by atoms with van der Waals surface area (Å²) in [6.45, 7) is 1.80. The van der Waals surface area contributed by atoms with Gasteiger partial charge in [0, 0.05) is 19.1 Å². The van der Waals surface area contributed by atoms with Crippen molar-refractivity contribution in [3.05, 3.63) is 23.0 Å². The maximum atomic E-state index is 11.6. The number of nitrogens with one attached hydrogen (secondary N) is 1. The molecule has 120 valence electrons. The minimum Gasteiger partial charge on any atom is -0.324 e. The van der Waals surface area contributed by atoms with E-state index >= 15 is 0 Å². The lowest BCUT2D eigenvalue weighted by molar-refractivity contribution is 0.241. The van der Waals surface area contributed by atoms with Crippen molar-refractivity contribution in [3.63, 3.8) is 0 Å². The van der Waals surface area contributed by atoms with Crippen LogP contribution in [0.15, 0.2) is 17.4 Å². The van der Waals surface area contributed by atoms with Crippen molar-refractivity contribution in [2.24, 2.45) is 0 Å². The van der Waals surface area contributed by atoms with Crippen LogP contribution in [0, 0.1) is 0 Å². The third-order valence-corrected chi connectivity index (χ3v) is 4.78. The van der Waals surface area contributed by atoms with Gasteiger partial charge in [-0.2, -0.15) is 0 Å². The van der Waals surface area contributed by atoms with Gasteiger partial charge >= 0.3 is 7.60 Å². The third kappa shape index (κ3) is 3.27. The zero-order valence-electron chi connectivity index (χ0n) is 11.9. The van der Waals surface area contributed by atoms with Crippen molar-refractivity contribution in [2.45, 2.75) is 25.4 Å². The van der Waals surface area contributed by atoms with Crippen LogP contribution >= 0.6 is 7.60 Å². The van der Waals surface area contributed by atoms with Gasteiger partial charge in [0.25, 0.3) is 5.56 Å². The van der Waals surface area contributed by atoms with Crippen LogP contribution in [0.4, 0.5) is 0 Å².